The molecular formula is C21H17ClFN5O2. The molecule has 0 spiro atoms. The summed E-state index contributed by atoms with van der Waals surface area (Å²) in [5.41, 5.74) is 2.22. The molecule has 0 unspecified atom stereocenters. The number of benzene rings is 2. The lowest BCUT2D eigenvalue weighted by Crippen LogP contribution is -2.14. The highest BCUT2D eigenvalue weighted by Gasteiger charge is 2.11. The summed E-state index contributed by atoms with van der Waals surface area (Å²) >= 11 is 5.85. The van der Waals surface area contributed by atoms with E-state index >= 15 is 0 Å². The third kappa shape index (κ3) is 3.90. The molecule has 4 aromatic rings. The fourth-order valence-corrected chi connectivity index (χ4v) is 3.08. The summed E-state index contributed by atoms with van der Waals surface area (Å²) in [4.78, 5) is 21.0. The van der Waals surface area contributed by atoms with Crippen molar-refractivity contribution < 1.29 is 13.9 Å². The van der Waals surface area contributed by atoms with Gasteiger partial charge in [0, 0.05) is 38.1 Å². The summed E-state index contributed by atoms with van der Waals surface area (Å²) in [7, 11) is 3.48. The van der Waals surface area contributed by atoms with Crippen molar-refractivity contribution in [1.29, 1.82) is 0 Å². The number of anilines is 3. The fourth-order valence-electron chi connectivity index (χ4n) is 2.90. The van der Waals surface area contributed by atoms with Crippen molar-refractivity contribution in [2.45, 2.75) is 0 Å². The average molecular weight is 426 g/mol. The first kappa shape index (κ1) is 19.7. The number of ether oxygens (including phenoxy) is 1. The number of imidazole rings is 1. The van der Waals surface area contributed by atoms with Gasteiger partial charge in [0.2, 0.25) is 12.4 Å². The molecule has 30 heavy (non-hydrogen) atoms. The molecule has 0 bridgehead atoms. The predicted octanol–water partition coefficient (Wildman–Crippen LogP) is 4.89. The number of amides is 1. The van der Waals surface area contributed by atoms with Gasteiger partial charge in [-0.05, 0) is 36.4 Å². The summed E-state index contributed by atoms with van der Waals surface area (Å²) in [6.07, 6.45) is 2.24. The number of aryl methyl sites for hydroxylation is 1. The van der Waals surface area contributed by atoms with E-state index in [9.17, 15) is 9.18 Å². The molecule has 0 fully saturated rings. The van der Waals surface area contributed by atoms with Gasteiger partial charge in [0.25, 0.3) is 0 Å². The number of nitrogens with one attached hydrogen (secondary N) is 1. The number of fused-ring (bicyclic) bond motifs is 1. The highest BCUT2D eigenvalue weighted by atomic mass is 35.5. The van der Waals surface area contributed by atoms with Crippen molar-refractivity contribution in [3.63, 3.8) is 0 Å². The third-order valence-electron chi connectivity index (χ3n) is 4.50. The van der Waals surface area contributed by atoms with Crippen LogP contribution in [0.2, 0.25) is 5.02 Å². The van der Waals surface area contributed by atoms with E-state index in [-0.39, 0.29) is 5.02 Å². The van der Waals surface area contributed by atoms with Crippen LogP contribution >= 0.6 is 11.6 Å². The number of hydrogen-bond acceptors (Lipinski definition) is 5. The third-order valence-corrected chi connectivity index (χ3v) is 4.79. The molecule has 2 aromatic heterocycles. The molecule has 0 aliphatic rings. The second-order valence-corrected chi connectivity index (χ2v) is 6.97. The zero-order valence-corrected chi connectivity index (χ0v) is 16.9. The summed E-state index contributed by atoms with van der Waals surface area (Å²) in [6, 6.07) is 13.3. The van der Waals surface area contributed by atoms with Crippen molar-refractivity contribution in [2.24, 2.45) is 7.05 Å². The lowest BCUT2D eigenvalue weighted by molar-refractivity contribution is -0.107. The Labute approximate surface area is 176 Å². The molecule has 9 heteroatoms. The second kappa shape index (κ2) is 8.00. The smallest absolute Gasteiger partial charge is 0.215 e. The molecule has 0 atom stereocenters. The van der Waals surface area contributed by atoms with Crippen LogP contribution in [0, 0.1) is 5.82 Å². The number of halogens is 2. The maximum absolute atomic E-state index is 13.4. The molecule has 1 N–H and O–H groups in total. The molecule has 7 nitrogen and oxygen atoms in total. The lowest BCUT2D eigenvalue weighted by atomic mass is 10.3. The number of pyridine rings is 1. The minimum absolute atomic E-state index is 0.0337. The average Bonchev–Trinajstić information content (AvgIpc) is 3.05. The van der Waals surface area contributed by atoms with Crippen LogP contribution < -0.4 is 15.0 Å². The van der Waals surface area contributed by atoms with Crippen LogP contribution in [0.4, 0.5) is 21.8 Å². The highest BCUT2D eigenvalue weighted by molar-refractivity contribution is 6.31. The van der Waals surface area contributed by atoms with Crippen LogP contribution in [-0.2, 0) is 11.8 Å². The molecule has 4 rings (SSSR count). The molecule has 152 valence electrons. The molecule has 0 saturated heterocycles. The standard InChI is InChI=1S/C21H17ClFN5O2/c1-27(12-29)20-11-15(7-8-24-20)30-14-4-6-19-18(10-14)26-21(28(19)2)25-13-3-5-17(23)16(22)9-13/h3-12H,1-2H3,(H,25,26). The Bertz CT molecular complexity index is 1240. The van der Waals surface area contributed by atoms with Crippen LogP contribution in [-0.4, -0.2) is 28.0 Å². The Kier molecular flexibility index (Phi) is 5.24. The van der Waals surface area contributed by atoms with Crippen LogP contribution in [0.15, 0.2) is 54.7 Å². The topological polar surface area (TPSA) is 72.3 Å². The SMILES string of the molecule is CN(C=O)c1cc(Oc2ccc3c(c2)nc(Nc2ccc(F)c(Cl)c2)n3C)ccn1. The van der Waals surface area contributed by atoms with Gasteiger partial charge in [0.1, 0.15) is 23.1 Å². The van der Waals surface area contributed by atoms with E-state index in [1.54, 1.807) is 31.4 Å². The first-order valence-corrected chi connectivity index (χ1v) is 9.33. The predicted molar refractivity (Wildman–Crippen MR) is 114 cm³/mol. The number of carbonyl (C=O) groups is 1. The zero-order valence-electron chi connectivity index (χ0n) is 16.1. The van der Waals surface area contributed by atoms with Gasteiger partial charge in [-0.25, -0.2) is 14.4 Å². The van der Waals surface area contributed by atoms with Crippen molar-refractivity contribution in [3.05, 3.63) is 65.6 Å². The second-order valence-electron chi connectivity index (χ2n) is 6.57. The van der Waals surface area contributed by atoms with Gasteiger partial charge in [-0.1, -0.05) is 11.6 Å². The number of nitrogens with zero attached hydrogens (tertiary/aromatic N) is 4. The van der Waals surface area contributed by atoms with Gasteiger partial charge in [-0.15, -0.1) is 0 Å². The zero-order chi connectivity index (χ0) is 21.3. The van der Waals surface area contributed by atoms with Gasteiger partial charge in [0.05, 0.1) is 16.1 Å². The van der Waals surface area contributed by atoms with Gasteiger partial charge < -0.3 is 19.5 Å². The van der Waals surface area contributed by atoms with Crippen LogP contribution in [0.25, 0.3) is 11.0 Å². The van der Waals surface area contributed by atoms with Crippen molar-refractivity contribution >= 4 is 46.5 Å². The number of aromatic nitrogens is 3. The number of rotatable bonds is 6. The summed E-state index contributed by atoms with van der Waals surface area (Å²) in [6.45, 7) is 0. The fraction of sp³-hybridized carbons (Fsp3) is 0.0952. The van der Waals surface area contributed by atoms with E-state index < -0.39 is 5.82 Å². The Morgan fingerprint density at radius 1 is 1.17 bits per heavy atom. The quantitative estimate of drug-likeness (QED) is 0.445. The minimum atomic E-state index is -0.479. The lowest BCUT2D eigenvalue weighted by Gasteiger charge is -2.11. The normalized spacial score (nSPS) is 10.8. The van der Waals surface area contributed by atoms with E-state index in [4.69, 9.17) is 16.3 Å². The van der Waals surface area contributed by atoms with E-state index in [1.807, 2.05) is 29.8 Å². The van der Waals surface area contributed by atoms with E-state index in [0.717, 1.165) is 5.52 Å². The Morgan fingerprint density at radius 2 is 1.97 bits per heavy atom. The Balaban J connectivity index is 1.60. The largest absolute Gasteiger partial charge is 0.457 e. The molecule has 0 radical (unpaired) electrons. The number of carbonyl (C=O) groups excluding carboxylic acids is 1. The summed E-state index contributed by atoms with van der Waals surface area (Å²) < 4.78 is 21.2. The van der Waals surface area contributed by atoms with Gasteiger partial charge in [0.15, 0.2) is 0 Å². The van der Waals surface area contributed by atoms with E-state index in [2.05, 4.69) is 15.3 Å². The van der Waals surface area contributed by atoms with Gasteiger partial charge in [-0.3, -0.25) is 4.79 Å². The van der Waals surface area contributed by atoms with E-state index in [1.165, 1.54) is 17.0 Å². The molecule has 0 aliphatic carbocycles. The van der Waals surface area contributed by atoms with Crippen molar-refractivity contribution in [1.82, 2.24) is 14.5 Å². The summed E-state index contributed by atoms with van der Waals surface area (Å²) in [5, 5.41) is 3.17. The monoisotopic (exact) mass is 425 g/mol. The Hall–Kier alpha value is -3.65. The molecule has 0 aliphatic heterocycles. The van der Waals surface area contributed by atoms with Crippen molar-refractivity contribution in [2.75, 3.05) is 17.3 Å². The molecular weight excluding hydrogens is 409 g/mol. The maximum atomic E-state index is 13.4. The number of hydrogen-bond donors (Lipinski definition) is 1. The molecule has 2 heterocycles. The van der Waals surface area contributed by atoms with E-state index in [0.29, 0.717) is 40.9 Å². The van der Waals surface area contributed by atoms with Gasteiger partial charge in [-0.2, -0.15) is 0 Å². The minimum Gasteiger partial charge on any atom is -0.457 e. The maximum Gasteiger partial charge on any atom is 0.215 e. The van der Waals surface area contributed by atoms with Gasteiger partial charge >= 0.3 is 0 Å². The van der Waals surface area contributed by atoms with Crippen LogP contribution in [0.1, 0.15) is 0 Å². The first-order valence-electron chi connectivity index (χ1n) is 8.95. The molecule has 1 amide bonds. The Morgan fingerprint density at radius 3 is 2.73 bits per heavy atom. The van der Waals surface area contributed by atoms with Crippen LogP contribution in [0.3, 0.4) is 0 Å². The van der Waals surface area contributed by atoms with Crippen molar-refractivity contribution in [3.8, 4) is 11.5 Å². The molecule has 2 aromatic carbocycles. The van der Waals surface area contributed by atoms with Crippen LogP contribution in [0.5, 0.6) is 11.5 Å². The first-order chi connectivity index (χ1) is 14.4. The molecule has 0 saturated carbocycles. The highest BCUT2D eigenvalue weighted by Crippen LogP contribution is 2.29. The summed E-state index contributed by atoms with van der Waals surface area (Å²) in [5.74, 6) is 1.70.